The highest BCUT2D eigenvalue weighted by molar-refractivity contribution is 5.80. The number of nitrogens with one attached hydrogen (secondary N) is 1. The summed E-state index contributed by atoms with van der Waals surface area (Å²) >= 11 is 0. The zero-order valence-electron chi connectivity index (χ0n) is 38.1. The molecule has 0 fully saturated rings. The molecule has 0 bridgehead atoms. The summed E-state index contributed by atoms with van der Waals surface area (Å²) in [4.78, 5) is 12.4. The van der Waals surface area contributed by atoms with Gasteiger partial charge in [0.1, 0.15) is 12.2 Å². The zero-order chi connectivity index (χ0) is 41.7. The molecule has 0 saturated heterocycles. The maximum Gasteiger partial charge on any atom is 0.249 e. The van der Waals surface area contributed by atoms with Crippen molar-refractivity contribution in [3.8, 4) is 0 Å². The maximum atomic E-state index is 12.4. The van der Waals surface area contributed by atoms with Crippen LogP contribution in [0.15, 0.2) is 24.3 Å². The second-order valence-electron chi connectivity index (χ2n) is 17.5. The van der Waals surface area contributed by atoms with Crippen LogP contribution in [-0.4, -0.2) is 57.3 Å². The lowest BCUT2D eigenvalue weighted by molar-refractivity contribution is -0.132. The molecule has 338 valence electrons. The van der Waals surface area contributed by atoms with Crippen LogP contribution in [0.5, 0.6) is 0 Å². The largest absolute Gasteiger partial charge is 0.394 e. The van der Waals surface area contributed by atoms with Gasteiger partial charge in [0.15, 0.2) is 0 Å². The highest BCUT2D eigenvalue weighted by Crippen LogP contribution is 2.17. The molecular formula is C51H99NO5. The highest BCUT2D eigenvalue weighted by Gasteiger charge is 2.28. The summed E-state index contributed by atoms with van der Waals surface area (Å²) < 4.78 is 0. The summed E-state index contributed by atoms with van der Waals surface area (Å²) in [6.45, 7) is 4.02. The average molecular weight is 806 g/mol. The molecule has 4 atom stereocenters. The number of hydrogen-bond donors (Lipinski definition) is 5. The van der Waals surface area contributed by atoms with Gasteiger partial charge in [0.05, 0.1) is 18.8 Å². The molecule has 0 heterocycles. The molecule has 4 unspecified atom stereocenters. The van der Waals surface area contributed by atoms with Crippen molar-refractivity contribution in [3.63, 3.8) is 0 Å². The van der Waals surface area contributed by atoms with Crippen molar-refractivity contribution < 1.29 is 25.2 Å². The van der Waals surface area contributed by atoms with E-state index in [-0.39, 0.29) is 0 Å². The van der Waals surface area contributed by atoms with Crippen LogP contribution in [-0.2, 0) is 4.79 Å². The minimum absolute atomic E-state index is 0.361. The molecular weight excluding hydrogens is 707 g/mol. The zero-order valence-corrected chi connectivity index (χ0v) is 38.1. The fourth-order valence-electron chi connectivity index (χ4n) is 7.89. The van der Waals surface area contributed by atoms with Crippen molar-refractivity contribution in [2.45, 2.75) is 289 Å². The standard InChI is InChI=1S/C51H99NO5/c1-3-5-7-9-11-13-14-15-16-17-18-19-20-21-22-23-24-25-26-27-28-29-30-31-32-33-34-35-37-38-40-42-44-48(54)50(56)47(46-53)52-51(57)49(55)45-43-41-39-36-12-10-8-6-4-2/h32-33,37-38,47-50,53-56H,3-31,34-36,39-46H2,1-2H3,(H,52,57)/b33-32+,38-37+. The van der Waals surface area contributed by atoms with Gasteiger partial charge >= 0.3 is 0 Å². The van der Waals surface area contributed by atoms with E-state index in [0.717, 1.165) is 38.5 Å². The van der Waals surface area contributed by atoms with Gasteiger partial charge in [-0.05, 0) is 51.4 Å². The summed E-state index contributed by atoms with van der Waals surface area (Å²) in [6.07, 6.45) is 54.1. The number of aliphatic hydroxyl groups excluding tert-OH is 4. The molecule has 0 rings (SSSR count). The number of carbonyl (C=O) groups is 1. The fourth-order valence-corrected chi connectivity index (χ4v) is 7.89. The first-order chi connectivity index (χ1) is 28.0. The SMILES string of the molecule is CCCCCCCCCCCCCCCCCCCCCCCCC/C=C/CC/C=C/CCCC(O)C(O)C(CO)NC(=O)C(O)CCCCCCCCCCC. The predicted octanol–water partition coefficient (Wildman–Crippen LogP) is 13.9. The van der Waals surface area contributed by atoms with Crippen LogP contribution in [0.4, 0.5) is 0 Å². The first-order valence-corrected chi connectivity index (χ1v) is 25.2. The van der Waals surface area contributed by atoms with Crippen molar-refractivity contribution in [1.82, 2.24) is 5.32 Å². The third-order valence-corrected chi connectivity index (χ3v) is 11.9. The third kappa shape index (κ3) is 40.0. The number of aliphatic hydroxyl groups is 4. The molecule has 0 aromatic heterocycles. The Balaban J connectivity index is 3.60. The van der Waals surface area contributed by atoms with E-state index in [1.54, 1.807) is 0 Å². The quantitative estimate of drug-likeness (QED) is 0.0311. The smallest absolute Gasteiger partial charge is 0.249 e. The van der Waals surface area contributed by atoms with Crippen LogP contribution in [0.3, 0.4) is 0 Å². The normalized spacial score (nSPS) is 14.1. The molecule has 1 amide bonds. The Labute approximate surface area is 354 Å². The van der Waals surface area contributed by atoms with E-state index >= 15 is 0 Å². The molecule has 0 spiro atoms. The summed E-state index contributed by atoms with van der Waals surface area (Å²) in [5.74, 6) is -0.599. The predicted molar refractivity (Wildman–Crippen MR) is 247 cm³/mol. The first kappa shape index (κ1) is 55.8. The van der Waals surface area contributed by atoms with Crippen molar-refractivity contribution in [3.05, 3.63) is 24.3 Å². The number of amides is 1. The molecule has 57 heavy (non-hydrogen) atoms. The van der Waals surface area contributed by atoms with Crippen molar-refractivity contribution in [1.29, 1.82) is 0 Å². The van der Waals surface area contributed by atoms with Gasteiger partial charge < -0.3 is 25.7 Å². The van der Waals surface area contributed by atoms with Crippen LogP contribution >= 0.6 is 0 Å². The monoisotopic (exact) mass is 806 g/mol. The molecule has 6 heteroatoms. The topological polar surface area (TPSA) is 110 Å². The number of rotatable bonds is 46. The van der Waals surface area contributed by atoms with E-state index in [9.17, 15) is 25.2 Å². The third-order valence-electron chi connectivity index (χ3n) is 11.9. The second-order valence-corrected chi connectivity index (χ2v) is 17.5. The van der Waals surface area contributed by atoms with E-state index in [1.165, 1.54) is 193 Å². The molecule has 0 aliphatic carbocycles. The van der Waals surface area contributed by atoms with Gasteiger partial charge in [-0.15, -0.1) is 0 Å². The first-order valence-electron chi connectivity index (χ1n) is 25.2. The van der Waals surface area contributed by atoms with E-state index in [1.807, 2.05) is 0 Å². The van der Waals surface area contributed by atoms with Gasteiger partial charge in [-0.25, -0.2) is 0 Å². The van der Waals surface area contributed by atoms with Crippen LogP contribution in [0.1, 0.15) is 264 Å². The van der Waals surface area contributed by atoms with Gasteiger partial charge in [0.25, 0.3) is 0 Å². The number of unbranched alkanes of at least 4 members (excludes halogenated alkanes) is 33. The summed E-state index contributed by atoms with van der Waals surface area (Å²) in [6, 6.07) is -1.00. The van der Waals surface area contributed by atoms with Crippen LogP contribution in [0.25, 0.3) is 0 Å². The van der Waals surface area contributed by atoms with Crippen molar-refractivity contribution >= 4 is 5.91 Å². The van der Waals surface area contributed by atoms with Gasteiger partial charge in [0, 0.05) is 0 Å². The lowest BCUT2D eigenvalue weighted by atomic mass is 10.00. The van der Waals surface area contributed by atoms with E-state index in [0.29, 0.717) is 19.3 Å². The molecule has 0 radical (unpaired) electrons. The van der Waals surface area contributed by atoms with Crippen LogP contribution < -0.4 is 5.32 Å². The Morgan fingerprint density at radius 1 is 0.421 bits per heavy atom. The fraction of sp³-hybridized carbons (Fsp3) is 0.902. The molecule has 5 N–H and O–H groups in total. The van der Waals surface area contributed by atoms with Crippen molar-refractivity contribution in [2.24, 2.45) is 0 Å². The molecule has 6 nitrogen and oxygen atoms in total. The summed E-state index contributed by atoms with van der Waals surface area (Å²) in [5.41, 5.74) is 0. The lowest BCUT2D eigenvalue weighted by Crippen LogP contribution is -2.53. The van der Waals surface area contributed by atoms with Gasteiger partial charge in [-0.1, -0.05) is 237 Å². The van der Waals surface area contributed by atoms with Crippen LogP contribution in [0, 0.1) is 0 Å². The van der Waals surface area contributed by atoms with E-state index in [2.05, 4.69) is 43.5 Å². The van der Waals surface area contributed by atoms with Gasteiger partial charge in [-0.3, -0.25) is 4.79 Å². The Morgan fingerprint density at radius 3 is 1.11 bits per heavy atom. The average Bonchev–Trinajstić information content (AvgIpc) is 3.22. The summed E-state index contributed by atoms with van der Waals surface area (Å²) in [7, 11) is 0. The summed E-state index contributed by atoms with van der Waals surface area (Å²) in [5, 5.41) is 43.5. The van der Waals surface area contributed by atoms with Crippen LogP contribution in [0.2, 0.25) is 0 Å². The molecule has 0 aliphatic rings. The highest BCUT2D eigenvalue weighted by atomic mass is 16.3. The van der Waals surface area contributed by atoms with E-state index < -0.39 is 36.9 Å². The minimum atomic E-state index is -1.29. The Bertz CT molecular complexity index is 863. The van der Waals surface area contributed by atoms with E-state index in [4.69, 9.17) is 0 Å². The number of carbonyl (C=O) groups excluding carboxylic acids is 1. The Kier molecular flexibility index (Phi) is 44.9. The molecule has 0 aromatic carbocycles. The molecule has 0 aromatic rings. The molecule has 0 saturated carbocycles. The Morgan fingerprint density at radius 2 is 0.737 bits per heavy atom. The number of allylic oxidation sites excluding steroid dienone is 4. The Hall–Kier alpha value is -1.21. The van der Waals surface area contributed by atoms with Gasteiger partial charge in [0.2, 0.25) is 5.91 Å². The van der Waals surface area contributed by atoms with Gasteiger partial charge in [-0.2, -0.15) is 0 Å². The lowest BCUT2D eigenvalue weighted by Gasteiger charge is -2.27. The maximum absolute atomic E-state index is 12.4. The second kappa shape index (κ2) is 45.9. The number of hydrogen-bond acceptors (Lipinski definition) is 5. The molecule has 0 aliphatic heterocycles. The van der Waals surface area contributed by atoms with Crippen molar-refractivity contribution in [2.75, 3.05) is 6.61 Å². The minimum Gasteiger partial charge on any atom is -0.394 e.